The van der Waals surface area contributed by atoms with Crippen LogP contribution < -0.4 is 11.3 Å². The minimum atomic E-state index is -0.902. The van der Waals surface area contributed by atoms with E-state index in [0.717, 1.165) is 25.0 Å². The highest BCUT2D eigenvalue weighted by atomic mass is 19.1. The fraction of sp³-hybridized carbons (Fsp3) is 0.462. The van der Waals surface area contributed by atoms with Crippen molar-refractivity contribution >= 4 is 11.6 Å². The average Bonchev–Trinajstić information content (AvgIpc) is 2.90. The number of anilines is 1. The normalized spacial score (nSPS) is 18.1. The van der Waals surface area contributed by atoms with E-state index in [1.165, 1.54) is 4.90 Å². The smallest absolute Gasteiger partial charge is 0.253 e. The van der Waals surface area contributed by atoms with Crippen molar-refractivity contribution in [3.8, 4) is 0 Å². The third-order valence-corrected chi connectivity index (χ3v) is 3.28. The first-order valence-corrected chi connectivity index (χ1v) is 6.35. The first-order chi connectivity index (χ1) is 9.52. The number of hydrazine groups is 1. The predicted molar refractivity (Wildman–Crippen MR) is 70.1 cm³/mol. The molecule has 1 atom stereocenters. The van der Waals surface area contributed by atoms with E-state index in [9.17, 15) is 13.6 Å². The molecule has 1 heterocycles. The zero-order valence-corrected chi connectivity index (χ0v) is 11.2. The molecule has 0 saturated carbocycles. The number of nitrogens with two attached hydrogens (primary N) is 1. The summed E-state index contributed by atoms with van der Waals surface area (Å²) in [5, 5.41) is 0. The van der Waals surface area contributed by atoms with Gasteiger partial charge in [-0.3, -0.25) is 10.6 Å². The van der Waals surface area contributed by atoms with Gasteiger partial charge >= 0.3 is 0 Å². The summed E-state index contributed by atoms with van der Waals surface area (Å²) in [4.78, 5) is 13.5. The summed E-state index contributed by atoms with van der Waals surface area (Å²) in [6, 6.07) is 1.93. The maximum atomic E-state index is 13.6. The molecule has 1 aliphatic rings. The van der Waals surface area contributed by atoms with Gasteiger partial charge in [0.1, 0.15) is 5.69 Å². The van der Waals surface area contributed by atoms with E-state index in [-0.39, 0.29) is 11.7 Å². The van der Waals surface area contributed by atoms with E-state index in [1.54, 1.807) is 7.05 Å². The molecule has 0 bridgehead atoms. The van der Waals surface area contributed by atoms with Crippen LogP contribution in [-0.4, -0.2) is 37.1 Å². The number of nitrogens with one attached hydrogen (secondary N) is 1. The lowest BCUT2D eigenvalue weighted by Gasteiger charge is -2.21. The van der Waals surface area contributed by atoms with Gasteiger partial charge in [-0.1, -0.05) is 0 Å². The minimum Gasteiger partial charge on any atom is -0.376 e. The van der Waals surface area contributed by atoms with Crippen LogP contribution in [0.15, 0.2) is 12.1 Å². The van der Waals surface area contributed by atoms with Gasteiger partial charge in [-0.15, -0.1) is 0 Å². The Kier molecular flexibility index (Phi) is 4.51. The van der Waals surface area contributed by atoms with Gasteiger partial charge in [0.15, 0.2) is 11.6 Å². The Balaban J connectivity index is 2.11. The van der Waals surface area contributed by atoms with Crippen LogP contribution in [0.2, 0.25) is 0 Å². The van der Waals surface area contributed by atoms with Crippen LogP contribution >= 0.6 is 0 Å². The zero-order valence-electron chi connectivity index (χ0n) is 11.2. The Bertz CT molecular complexity index is 481. The Morgan fingerprint density at radius 2 is 2.15 bits per heavy atom. The third-order valence-electron chi connectivity index (χ3n) is 3.28. The van der Waals surface area contributed by atoms with E-state index in [0.29, 0.717) is 13.2 Å². The monoisotopic (exact) mass is 285 g/mol. The lowest BCUT2D eigenvalue weighted by Crippen LogP contribution is -2.34. The first-order valence-electron chi connectivity index (χ1n) is 6.35. The third kappa shape index (κ3) is 3.05. The van der Waals surface area contributed by atoms with E-state index in [1.807, 2.05) is 5.43 Å². The number of rotatable bonds is 4. The lowest BCUT2D eigenvalue weighted by molar-refractivity contribution is 0.0586. The Morgan fingerprint density at radius 3 is 2.65 bits per heavy atom. The van der Waals surface area contributed by atoms with Crippen molar-refractivity contribution in [3.63, 3.8) is 0 Å². The largest absolute Gasteiger partial charge is 0.376 e. The number of hydrogen-bond donors (Lipinski definition) is 2. The van der Waals surface area contributed by atoms with E-state index in [4.69, 9.17) is 10.6 Å². The zero-order chi connectivity index (χ0) is 14.7. The van der Waals surface area contributed by atoms with Crippen molar-refractivity contribution in [2.45, 2.75) is 18.9 Å². The van der Waals surface area contributed by atoms with Crippen LogP contribution in [0.5, 0.6) is 0 Å². The van der Waals surface area contributed by atoms with Crippen molar-refractivity contribution < 1.29 is 18.3 Å². The highest BCUT2D eigenvalue weighted by molar-refractivity contribution is 5.94. The van der Waals surface area contributed by atoms with Crippen LogP contribution in [0.1, 0.15) is 23.2 Å². The number of benzene rings is 1. The number of amides is 1. The molecule has 0 aliphatic carbocycles. The fourth-order valence-electron chi connectivity index (χ4n) is 2.23. The van der Waals surface area contributed by atoms with Gasteiger partial charge in [0.05, 0.1) is 6.10 Å². The number of carbonyl (C=O) groups is 1. The van der Waals surface area contributed by atoms with Crippen molar-refractivity contribution in [3.05, 3.63) is 29.3 Å². The number of nitrogens with zero attached hydrogens (tertiary/aromatic N) is 1. The van der Waals surface area contributed by atoms with Crippen molar-refractivity contribution in [2.24, 2.45) is 5.84 Å². The fourth-order valence-corrected chi connectivity index (χ4v) is 2.23. The molecule has 1 fully saturated rings. The highest BCUT2D eigenvalue weighted by Gasteiger charge is 2.22. The number of nitrogen functional groups attached to an aromatic ring is 1. The van der Waals surface area contributed by atoms with Crippen LogP contribution in [0.25, 0.3) is 0 Å². The Hall–Kier alpha value is -1.73. The molecule has 1 aliphatic heterocycles. The molecule has 7 heteroatoms. The molecule has 0 radical (unpaired) electrons. The standard InChI is InChI=1S/C13H17F2N3O2/c1-18(7-9-3-2-4-20-9)13(19)8-5-10(14)12(17-16)11(15)6-8/h5-6,9,17H,2-4,7,16H2,1H3. The van der Waals surface area contributed by atoms with E-state index < -0.39 is 23.2 Å². The molecule has 3 N–H and O–H groups in total. The second-order valence-corrected chi connectivity index (χ2v) is 4.78. The highest BCUT2D eigenvalue weighted by Crippen LogP contribution is 2.21. The molecule has 1 aromatic rings. The number of halogens is 2. The number of hydrogen-bond acceptors (Lipinski definition) is 4. The minimum absolute atomic E-state index is 0.0105. The van der Waals surface area contributed by atoms with Gasteiger partial charge in [0.25, 0.3) is 5.91 Å². The van der Waals surface area contributed by atoms with Crippen LogP contribution in [0.3, 0.4) is 0 Å². The number of likely N-dealkylation sites (N-methyl/N-ethyl adjacent to an activating group) is 1. The summed E-state index contributed by atoms with van der Waals surface area (Å²) in [5.74, 6) is 2.74. The summed E-state index contributed by atoms with van der Waals surface area (Å²) in [6.07, 6.45) is 1.84. The van der Waals surface area contributed by atoms with Gasteiger partial charge in [-0.2, -0.15) is 0 Å². The van der Waals surface area contributed by atoms with Gasteiger partial charge in [0, 0.05) is 25.8 Å². The topological polar surface area (TPSA) is 67.6 Å². The molecule has 5 nitrogen and oxygen atoms in total. The predicted octanol–water partition coefficient (Wildman–Crippen LogP) is 1.50. The maximum Gasteiger partial charge on any atom is 0.253 e. The summed E-state index contributed by atoms with van der Waals surface area (Å²) in [6.45, 7) is 1.09. The SMILES string of the molecule is CN(CC1CCCO1)C(=O)c1cc(F)c(NN)c(F)c1. The summed E-state index contributed by atoms with van der Waals surface area (Å²) in [7, 11) is 1.58. The molecule has 1 aromatic carbocycles. The van der Waals surface area contributed by atoms with Gasteiger partial charge in [0.2, 0.25) is 0 Å². The molecule has 1 amide bonds. The average molecular weight is 285 g/mol. The number of carbonyl (C=O) groups excluding carboxylic acids is 1. The summed E-state index contributed by atoms with van der Waals surface area (Å²) >= 11 is 0. The van der Waals surface area contributed by atoms with Crippen LogP contribution in [0, 0.1) is 11.6 Å². The molecule has 0 aromatic heterocycles. The lowest BCUT2D eigenvalue weighted by atomic mass is 10.1. The molecule has 1 saturated heterocycles. The van der Waals surface area contributed by atoms with Crippen molar-refractivity contribution in [2.75, 3.05) is 25.6 Å². The molecule has 0 spiro atoms. The molecule has 20 heavy (non-hydrogen) atoms. The molecule has 2 rings (SSSR count). The second-order valence-electron chi connectivity index (χ2n) is 4.78. The van der Waals surface area contributed by atoms with Crippen molar-refractivity contribution in [1.29, 1.82) is 0 Å². The molecular weight excluding hydrogens is 268 g/mol. The summed E-state index contributed by atoms with van der Waals surface area (Å²) in [5.41, 5.74) is 1.41. The first kappa shape index (κ1) is 14.7. The van der Waals surface area contributed by atoms with Crippen molar-refractivity contribution in [1.82, 2.24) is 4.90 Å². The number of ether oxygens (including phenoxy) is 1. The van der Waals surface area contributed by atoms with Crippen LogP contribution in [0.4, 0.5) is 14.5 Å². The molecule has 110 valence electrons. The second kappa shape index (κ2) is 6.15. The van der Waals surface area contributed by atoms with Gasteiger partial charge < -0.3 is 15.1 Å². The Morgan fingerprint density at radius 1 is 1.50 bits per heavy atom. The van der Waals surface area contributed by atoms with Gasteiger partial charge in [-0.25, -0.2) is 8.78 Å². The van der Waals surface area contributed by atoms with Gasteiger partial charge in [-0.05, 0) is 25.0 Å². The van der Waals surface area contributed by atoms with E-state index in [2.05, 4.69) is 0 Å². The maximum absolute atomic E-state index is 13.6. The molecule has 1 unspecified atom stereocenters. The Labute approximate surface area is 115 Å². The summed E-state index contributed by atoms with van der Waals surface area (Å²) < 4.78 is 32.5. The molecular formula is C13H17F2N3O2. The van der Waals surface area contributed by atoms with Crippen LogP contribution in [-0.2, 0) is 4.74 Å². The van der Waals surface area contributed by atoms with E-state index >= 15 is 0 Å². The quantitative estimate of drug-likeness (QED) is 0.650.